The van der Waals surface area contributed by atoms with E-state index in [1.165, 1.54) is 12.1 Å². The molecule has 0 radical (unpaired) electrons. The van der Waals surface area contributed by atoms with Gasteiger partial charge in [-0.05, 0) is 18.2 Å². The van der Waals surface area contributed by atoms with Gasteiger partial charge in [-0.15, -0.1) is 0 Å². The van der Waals surface area contributed by atoms with Gasteiger partial charge in [0, 0.05) is 5.56 Å². The van der Waals surface area contributed by atoms with E-state index in [1.54, 1.807) is 12.1 Å². The average Bonchev–Trinajstić information content (AvgIpc) is 2.26. The molecule has 0 heterocycles. The largest absolute Gasteiger partial charge is 0.350 e. The number of nitrogens with two attached hydrogens (primary N) is 1. The molecular weight excluding hydrogens is 196 g/mol. The highest BCUT2D eigenvalue weighted by Gasteiger charge is 2.05. The summed E-state index contributed by atoms with van der Waals surface area (Å²) >= 11 is 0. The van der Waals surface area contributed by atoms with Crippen LogP contribution in [0.2, 0.25) is 0 Å². The molecule has 0 saturated carbocycles. The fourth-order valence-corrected chi connectivity index (χ4v) is 0.921. The van der Waals surface area contributed by atoms with Crippen LogP contribution in [0.5, 0.6) is 0 Å². The summed E-state index contributed by atoms with van der Waals surface area (Å²) in [6.45, 7) is 0. The van der Waals surface area contributed by atoms with E-state index in [0.717, 1.165) is 0 Å². The molecule has 4 N–H and O–H groups in total. The van der Waals surface area contributed by atoms with E-state index < -0.39 is 11.9 Å². The minimum atomic E-state index is -0.861. The van der Waals surface area contributed by atoms with Crippen LogP contribution in [0.4, 0.5) is 4.79 Å². The van der Waals surface area contributed by atoms with E-state index in [2.05, 4.69) is 5.43 Å². The van der Waals surface area contributed by atoms with Crippen molar-refractivity contribution < 1.29 is 9.59 Å². The number of hydrogen-bond acceptors (Lipinski definition) is 3. The van der Waals surface area contributed by atoms with Crippen LogP contribution in [0.25, 0.3) is 0 Å². The molecule has 6 nitrogen and oxygen atoms in total. The molecule has 15 heavy (non-hydrogen) atoms. The molecule has 3 amide bonds. The summed E-state index contributed by atoms with van der Waals surface area (Å²) in [4.78, 5) is 21.6. The Morgan fingerprint density at radius 2 is 2.07 bits per heavy atom. The summed E-state index contributed by atoms with van der Waals surface area (Å²) in [6.07, 6.45) is 0. The van der Waals surface area contributed by atoms with E-state index in [0.29, 0.717) is 5.56 Å². The van der Waals surface area contributed by atoms with Crippen LogP contribution in [0.3, 0.4) is 0 Å². The van der Waals surface area contributed by atoms with Crippen LogP contribution in [0, 0.1) is 11.3 Å². The number of nitrogens with zero attached hydrogens (tertiary/aromatic N) is 1. The number of primary amides is 1. The van der Waals surface area contributed by atoms with Crippen molar-refractivity contribution in [1.82, 2.24) is 10.9 Å². The van der Waals surface area contributed by atoms with Crippen molar-refractivity contribution in [3.8, 4) is 6.07 Å². The number of rotatable bonds is 1. The molecule has 1 aromatic rings. The minimum Gasteiger partial charge on any atom is -0.350 e. The molecule has 0 aliphatic carbocycles. The van der Waals surface area contributed by atoms with Gasteiger partial charge in [-0.3, -0.25) is 10.2 Å². The zero-order chi connectivity index (χ0) is 11.3. The van der Waals surface area contributed by atoms with Crippen molar-refractivity contribution in [2.45, 2.75) is 0 Å². The number of carbonyl (C=O) groups excluding carboxylic acids is 2. The number of amides is 3. The van der Waals surface area contributed by atoms with Crippen LogP contribution in [0.15, 0.2) is 24.3 Å². The molecule has 0 aliphatic rings. The summed E-state index contributed by atoms with van der Waals surface area (Å²) in [7, 11) is 0. The molecule has 0 fully saturated rings. The highest BCUT2D eigenvalue weighted by atomic mass is 16.2. The predicted molar refractivity (Wildman–Crippen MR) is 51.3 cm³/mol. The lowest BCUT2D eigenvalue weighted by molar-refractivity contribution is 0.0937. The number of hydrogen-bond donors (Lipinski definition) is 3. The van der Waals surface area contributed by atoms with Crippen molar-refractivity contribution in [2.24, 2.45) is 5.73 Å². The first-order valence-corrected chi connectivity index (χ1v) is 3.99. The van der Waals surface area contributed by atoms with E-state index >= 15 is 0 Å². The van der Waals surface area contributed by atoms with Gasteiger partial charge < -0.3 is 5.73 Å². The van der Waals surface area contributed by atoms with Crippen LogP contribution < -0.4 is 16.6 Å². The molecule has 6 heteroatoms. The third-order valence-electron chi connectivity index (χ3n) is 1.55. The Balaban J connectivity index is 2.74. The smallest absolute Gasteiger partial charge is 0.330 e. The topological polar surface area (TPSA) is 108 Å². The summed E-state index contributed by atoms with van der Waals surface area (Å²) in [6, 6.07) is 7.08. The van der Waals surface area contributed by atoms with E-state index in [-0.39, 0.29) is 5.56 Å². The third-order valence-corrected chi connectivity index (χ3v) is 1.55. The molecule has 1 rings (SSSR count). The summed E-state index contributed by atoms with van der Waals surface area (Å²) in [5, 5.41) is 8.59. The quantitative estimate of drug-likeness (QED) is 0.554. The van der Waals surface area contributed by atoms with Gasteiger partial charge >= 0.3 is 6.03 Å². The Bertz CT molecular complexity index is 436. The highest BCUT2D eigenvalue weighted by molar-refractivity contribution is 5.95. The van der Waals surface area contributed by atoms with Gasteiger partial charge in [0.05, 0.1) is 11.6 Å². The number of urea groups is 1. The Morgan fingerprint density at radius 3 is 2.67 bits per heavy atom. The van der Waals surface area contributed by atoms with Gasteiger partial charge in [0.25, 0.3) is 5.91 Å². The maximum absolute atomic E-state index is 11.3. The molecule has 1 aromatic carbocycles. The zero-order valence-electron chi connectivity index (χ0n) is 7.65. The Kier molecular flexibility index (Phi) is 3.24. The van der Waals surface area contributed by atoms with Crippen LogP contribution in [-0.2, 0) is 0 Å². The maximum Gasteiger partial charge on any atom is 0.330 e. The molecule has 0 saturated heterocycles. The van der Waals surface area contributed by atoms with Gasteiger partial charge in [-0.1, -0.05) is 6.07 Å². The minimum absolute atomic E-state index is 0.266. The van der Waals surface area contributed by atoms with Crippen LogP contribution in [-0.4, -0.2) is 11.9 Å². The van der Waals surface area contributed by atoms with Gasteiger partial charge in [0.15, 0.2) is 0 Å². The molecule has 0 aromatic heterocycles. The van der Waals surface area contributed by atoms with E-state index in [1.807, 2.05) is 11.5 Å². The first-order chi connectivity index (χ1) is 7.13. The number of carbonyl (C=O) groups is 2. The number of nitrogens with one attached hydrogen (secondary N) is 2. The Hall–Kier alpha value is -2.55. The lowest BCUT2D eigenvalue weighted by Crippen LogP contribution is -2.44. The van der Waals surface area contributed by atoms with E-state index in [4.69, 9.17) is 11.0 Å². The summed E-state index contributed by atoms with van der Waals surface area (Å²) in [5.41, 5.74) is 9.40. The number of nitriles is 1. The van der Waals surface area contributed by atoms with Crippen molar-refractivity contribution in [3.05, 3.63) is 35.4 Å². The Morgan fingerprint density at radius 1 is 1.33 bits per heavy atom. The molecule has 0 unspecified atom stereocenters. The lowest BCUT2D eigenvalue weighted by atomic mass is 10.1. The maximum atomic E-state index is 11.3. The molecule has 0 bridgehead atoms. The number of benzene rings is 1. The fourth-order valence-electron chi connectivity index (χ4n) is 0.921. The first kappa shape index (κ1) is 10.5. The lowest BCUT2D eigenvalue weighted by Gasteiger charge is -2.04. The van der Waals surface area contributed by atoms with Gasteiger partial charge in [-0.25, -0.2) is 10.2 Å². The Labute approximate surface area is 85.7 Å². The molecule has 0 atom stereocenters. The second-order valence-corrected chi connectivity index (χ2v) is 2.64. The normalized spacial score (nSPS) is 8.73. The van der Waals surface area contributed by atoms with Gasteiger partial charge in [0.2, 0.25) is 0 Å². The molecular formula is C9H8N4O2. The fraction of sp³-hybridized carbons (Fsp3) is 0. The van der Waals surface area contributed by atoms with Crippen molar-refractivity contribution in [3.63, 3.8) is 0 Å². The monoisotopic (exact) mass is 204 g/mol. The van der Waals surface area contributed by atoms with Gasteiger partial charge in [-0.2, -0.15) is 5.26 Å². The third kappa shape index (κ3) is 3.00. The number of hydrazine groups is 1. The molecule has 0 spiro atoms. The summed E-state index contributed by atoms with van der Waals surface area (Å²) < 4.78 is 0. The first-order valence-electron chi connectivity index (χ1n) is 3.99. The van der Waals surface area contributed by atoms with Crippen LogP contribution in [0.1, 0.15) is 15.9 Å². The molecule has 76 valence electrons. The van der Waals surface area contributed by atoms with Crippen LogP contribution >= 0.6 is 0 Å². The second kappa shape index (κ2) is 4.62. The van der Waals surface area contributed by atoms with E-state index in [9.17, 15) is 9.59 Å². The standard InChI is InChI=1S/C9H8N4O2/c10-5-6-2-1-3-7(4-6)8(14)12-13-9(11)15/h1-4H,(H,12,14)(H3,11,13,15). The van der Waals surface area contributed by atoms with Crippen molar-refractivity contribution >= 4 is 11.9 Å². The van der Waals surface area contributed by atoms with Crippen molar-refractivity contribution in [2.75, 3.05) is 0 Å². The van der Waals surface area contributed by atoms with Crippen molar-refractivity contribution in [1.29, 1.82) is 5.26 Å². The zero-order valence-corrected chi connectivity index (χ0v) is 7.65. The average molecular weight is 204 g/mol. The SMILES string of the molecule is N#Cc1cccc(C(=O)NNC(N)=O)c1. The highest BCUT2D eigenvalue weighted by Crippen LogP contribution is 2.03. The predicted octanol–water partition coefficient (Wildman–Crippen LogP) is -0.129. The molecule has 0 aliphatic heterocycles. The summed E-state index contributed by atoms with van der Waals surface area (Å²) in [5.74, 6) is -0.536. The van der Waals surface area contributed by atoms with Gasteiger partial charge in [0.1, 0.15) is 0 Å². The second-order valence-electron chi connectivity index (χ2n) is 2.64.